The van der Waals surface area contributed by atoms with Crippen LogP contribution in [-0.4, -0.2) is 43.5 Å². The molecule has 5 heteroatoms. The minimum Gasteiger partial charge on any atom is -0.354 e. The Hall–Kier alpha value is -1.43. The van der Waals surface area contributed by atoms with Crippen LogP contribution in [0.1, 0.15) is 31.2 Å². The quantitative estimate of drug-likeness (QED) is 0.505. The van der Waals surface area contributed by atoms with E-state index in [1.165, 1.54) is 10.4 Å². The molecule has 0 saturated carbocycles. The minimum atomic E-state index is 0.401. The SMILES string of the molecule is C=C(CN)N=C(c1csc(C)c1)N1CCNCC1.C=CC.CC. The number of piperazine rings is 1. The number of amidine groups is 1. The number of aryl methyl sites for hydroxylation is 1. The second-order valence-corrected chi connectivity index (χ2v) is 5.91. The van der Waals surface area contributed by atoms with Crippen LogP contribution in [-0.2, 0) is 0 Å². The molecule has 2 rings (SSSR count). The number of allylic oxidation sites excluding steroid dienone is 1. The molecule has 1 aromatic heterocycles. The molecule has 0 radical (unpaired) electrons. The van der Waals surface area contributed by atoms with Crippen LogP contribution < -0.4 is 11.1 Å². The first-order chi connectivity index (χ1) is 11.1. The van der Waals surface area contributed by atoms with E-state index in [1.807, 2.05) is 20.8 Å². The van der Waals surface area contributed by atoms with Crippen LogP contribution in [0, 0.1) is 6.92 Å². The minimum absolute atomic E-state index is 0.401. The highest BCUT2D eigenvalue weighted by Crippen LogP contribution is 2.17. The zero-order valence-corrected chi connectivity index (χ0v) is 15.9. The number of hydrogen-bond acceptors (Lipinski definition) is 4. The molecule has 0 aliphatic carbocycles. The number of aliphatic imine (C=N–C) groups is 1. The summed E-state index contributed by atoms with van der Waals surface area (Å²) in [5.41, 5.74) is 7.50. The third-order valence-corrected chi connectivity index (χ3v) is 3.77. The molecule has 0 bridgehead atoms. The third-order valence-electron chi connectivity index (χ3n) is 2.90. The normalized spacial score (nSPS) is 14.1. The summed E-state index contributed by atoms with van der Waals surface area (Å²) in [6.07, 6.45) is 1.75. The van der Waals surface area contributed by atoms with Gasteiger partial charge in [-0.2, -0.15) is 0 Å². The predicted molar refractivity (Wildman–Crippen MR) is 105 cm³/mol. The Morgan fingerprint density at radius 3 is 2.43 bits per heavy atom. The Kier molecular flexibility index (Phi) is 12.2. The molecule has 1 fully saturated rings. The maximum atomic E-state index is 5.60. The monoisotopic (exact) mass is 336 g/mol. The van der Waals surface area contributed by atoms with Crippen LogP contribution in [0.4, 0.5) is 0 Å². The van der Waals surface area contributed by atoms with Gasteiger partial charge in [-0.25, -0.2) is 4.99 Å². The van der Waals surface area contributed by atoms with Crippen molar-refractivity contribution in [2.45, 2.75) is 27.7 Å². The van der Waals surface area contributed by atoms with Gasteiger partial charge in [-0.1, -0.05) is 26.5 Å². The summed E-state index contributed by atoms with van der Waals surface area (Å²) in [7, 11) is 0. The fourth-order valence-electron chi connectivity index (χ4n) is 1.95. The van der Waals surface area contributed by atoms with Crippen LogP contribution in [0.3, 0.4) is 0 Å². The average Bonchev–Trinajstić information content (AvgIpc) is 3.02. The number of nitrogens with zero attached hydrogens (tertiary/aromatic N) is 2. The fourth-order valence-corrected chi connectivity index (χ4v) is 2.63. The summed E-state index contributed by atoms with van der Waals surface area (Å²) >= 11 is 1.75. The predicted octanol–water partition coefficient (Wildman–Crippen LogP) is 3.40. The Labute approximate surface area is 145 Å². The molecule has 0 spiro atoms. The zero-order chi connectivity index (χ0) is 17.7. The Bertz CT molecular complexity index is 485. The van der Waals surface area contributed by atoms with E-state index in [9.17, 15) is 0 Å². The van der Waals surface area contributed by atoms with Crippen LogP contribution in [0.5, 0.6) is 0 Å². The molecule has 4 nitrogen and oxygen atoms in total. The maximum Gasteiger partial charge on any atom is 0.137 e. The van der Waals surface area contributed by atoms with Gasteiger partial charge in [-0.15, -0.1) is 17.9 Å². The van der Waals surface area contributed by atoms with E-state index in [-0.39, 0.29) is 0 Å². The summed E-state index contributed by atoms with van der Waals surface area (Å²) in [5, 5.41) is 5.51. The largest absolute Gasteiger partial charge is 0.354 e. The summed E-state index contributed by atoms with van der Waals surface area (Å²) in [6, 6.07) is 2.18. The molecule has 1 aliphatic rings. The Balaban J connectivity index is 0.000000868. The fraction of sp³-hybridized carbons (Fsp3) is 0.500. The van der Waals surface area contributed by atoms with Gasteiger partial charge in [0.2, 0.25) is 0 Å². The first-order valence-electron chi connectivity index (χ1n) is 8.17. The van der Waals surface area contributed by atoms with E-state index in [2.05, 4.69) is 46.7 Å². The van der Waals surface area contributed by atoms with Crippen molar-refractivity contribution in [3.63, 3.8) is 0 Å². The first kappa shape index (κ1) is 21.6. The van der Waals surface area contributed by atoms with Crippen LogP contribution in [0.15, 0.2) is 41.4 Å². The lowest BCUT2D eigenvalue weighted by molar-refractivity contribution is 0.358. The Morgan fingerprint density at radius 1 is 1.43 bits per heavy atom. The molecule has 1 saturated heterocycles. The molecule has 130 valence electrons. The lowest BCUT2D eigenvalue weighted by Gasteiger charge is -2.30. The average molecular weight is 337 g/mol. The van der Waals surface area contributed by atoms with Gasteiger partial charge in [-0.05, 0) is 19.9 Å². The molecule has 23 heavy (non-hydrogen) atoms. The number of nitrogens with two attached hydrogens (primary N) is 1. The summed E-state index contributed by atoms with van der Waals surface area (Å²) in [5.74, 6) is 1.01. The van der Waals surface area contributed by atoms with E-state index in [0.29, 0.717) is 6.54 Å². The highest BCUT2D eigenvalue weighted by Gasteiger charge is 2.17. The maximum absolute atomic E-state index is 5.60. The van der Waals surface area contributed by atoms with Crippen molar-refractivity contribution in [1.82, 2.24) is 10.2 Å². The molecule has 1 aromatic rings. The van der Waals surface area contributed by atoms with E-state index >= 15 is 0 Å². The summed E-state index contributed by atoms with van der Waals surface area (Å²) < 4.78 is 0. The van der Waals surface area contributed by atoms with E-state index in [1.54, 1.807) is 17.4 Å². The number of thiophene rings is 1. The molecule has 0 aromatic carbocycles. The van der Waals surface area contributed by atoms with Gasteiger partial charge in [0, 0.05) is 54.2 Å². The zero-order valence-electron chi connectivity index (χ0n) is 15.1. The van der Waals surface area contributed by atoms with Crippen molar-refractivity contribution in [3.8, 4) is 0 Å². The van der Waals surface area contributed by atoms with E-state index in [0.717, 1.165) is 37.7 Å². The van der Waals surface area contributed by atoms with E-state index in [4.69, 9.17) is 5.73 Å². The third kappa shape index (κ3) is 8.11. The van der Waals surface area contributed by atoms with Gasteiger partial charge < -0.3 is 16.0 Å². The smallest absolute Gasteiger partial charge is 0.137 e. The van der Waals surface area contributed by atoms with Crippen molar-refractivity contribution in [2.75, 3.05) is 32.7 Å². The standard InChI is InChI=1S/C13H20N4S.C3H6.C2H6/c1-10(8-14)16-13(12-7-11(2)18-9-12)17-5-3-15-4-6-17;1-3-2;1-2/h7,9,15H,1,3-6,8,14H2,2H3;3H,1H2,2H3;1-2H3. The molecule has 2 heterocycles. The molecule has 3 N–H and O–H groups in total. The van der Waals surface area contributed by atoms with Gasteiger partial charge >= 0.3 is 0 Å². The first-order valence-corrected chi connectivity index (χ1v) is 9.05. The van der Waals surface area contributed by atoms with Gasteiger partial charge in [0.05, 0.1) is 0 Å². The van der Waals surface area contributed by atoms with Gasteiger partial charge in [0.1, 0.15) is 5.84 Å². The number of rotatable bonds is 3. The molecular formula is C18H32N4S. The van der Waals surface area contributed by atoms with Crippen molar-refractivity contribution < 1.29 is 0 Å². The van der Waals surface area contributed by atoms with Crippen LogP contribution in [0.25, 0.3) is 0 Å². The van der Waals surface area contributed by atoms with Gasteiger partial charge in [-0.3, -0.25) is 0 Å². The summed E-state index contributed by atoms with van der Waals surface area (Å²) in [4.78, 5) is 8.21. The van der Waals surface area contributed by atoms with Crippen LogP contribution in [0.2, 0.25) is 0 Å². The highest BCUT2D eigenvalue weighted by molar-refractivity contribution is 7.10. The lowest BCUT2D eigenvalue weighted by Crippen LogP contribution is -2.46. The van der Waals surface area contributed by atoms with E-state index < -0.39 is 0 Å². The lowest BCUT2D eigenvalue weighted by atomic mass is 10.2. The second kappa shape index (κ2) is 13.0. The van der Waals surface area contributed by atoms with Gasteiger partial charge in [0.15, 0.2) is 0 Å². The van der Waals surface area contributed by atoms with Crippen molar-refractivity contribution in [3.05, 3.63) is 46.8 Å². The Morgan fingerprint density at radius 2 is 2.00 bits per heavy atom. The molecular weight excluding hydrogens is 304 g/mol. The van der Waals surface area contributed by atoms with Crippen LogP contribution >= 0.6 is 11.3 Å². The highest BCUT2D eigenvalue weighted by atomic mass is 32.1. The second-order valence-electron chi connectivity index (χ2n) is 4.80. The van der Waals surface area contributed by atoms with Crippen molar-refractivity contribution >= 4 is 17.2 Å². The molecule has 0 atom stereocenters. The number of hydrogen-bond donors (Lipinski definition) is 2. The molecule has 1 aliphatic heterocycles. The van der Waals surface area contributed by atoms with Crippen molar-refractivity contribution in [2.24, 2.45) is 10.7 Å². The van der Waals surface area contributed by atoms with Gasteiger partial charge in [0.25, 0.3) is 0 Å². The summed E-state index contributed by atoms with van der Waals surface area (Å²) in [6.45, 7) is 19.6. The van der Waals surface area contributed by atoms with Crippen molar-refractivity contribution in [1.29, 1.82) is 0 Å². The topological polar surface area (TPSA) is 53.6 Å². The molecule has 0 amide bonds. The number of nitrogens with one attached hydrogen (secondary N) is 1. The molecule has 0 unspecified atom stereocenters.